The zero-order chi connectivity index (χ0) is 14.9. The summed E-state index contributed by atoms with van der Waals surface area (Å²) in [5.74, 6) is 0.0675. The van der Waals surface area contributed by atoms with Crippen LogP contribution >= 0.6 is 0 Å². The molecule has 1 N–H and O–H groups in total. The molecule has 0 aromatic carbocycles. The lowest BCUT2D eigenvalue weighted by Crippen LogP contribution is -2.61. The molecule has 1 spiro atoms. The highest BCUT2D eigenvalue weighted by molar-refractivity contribution is 5.99. The van der Waals surface area contributed by atoms with Gasteiger partial charge in [0.15, 0.2) is 0 Å². The van der Waals surface area contributed by atoms with Gasteiger partial charge in [-0.05, 0) is 32.1 Å². The normalized spacial score (nSPS) is 25.9. The Kier molecular flexibility index (Phi) is 3.69. The summed E-state index contributed by atoms with van der Waals surface area (Å²) in [4.78, 5) is 29.3. The van der Waals surface area contributed by atoms with Crippen LogP contribution in [0, 0.1) is 0 Å². The van der Waals surface area contributed by atoms with E-state index < -0.39 is 5.54 Å². The maximum Gasteiger partial charge on any atom is 0.257 e. The molecule has 1 unspecified atom stereocenters. The number of rotatable bonds is 3. The lowest BCUT2D eigenvalue weighted by Gasteiger charge is -2.44. The summed E-state index contributed by atoms with van der Waals surface area (Å²) in [7, 11) is 0. The van der Waals surface area contributed by atoms with Gasteiger partial charge in [0.05, 0.1) is 11.8 Å². The number of aromatic nitrogens is 2. The van der Waals surface area contributed by atoms with Crippen molar-refractivity contribution in [1.29, 1.82) is 0 Å². The minimum absolute atomic E-state index is 0.0760. The molecule has 114 valence electrons. The molecule has 0 radical (unpaired) electrons. The molecule has 1 aromatic rings. The Morgan fingerprint density at radius 3 is 2.81 bits per heavy atom. The van der Waals surface area contributed by atoms with Crippen LogP contribution in [0.15, 0.2) is 12.4 Å². The molecule has 1 aromatic heterocycles. The van der Waals surface area contributed by atoms with E-state index in [0.29, 0.717) is 12.1 Å². The van der Waals surface area contributed by atoms with Gasteiger partial charge in [-0.15, -0.1) is 0 Å². The topological polar surface area (TPSA) is 69.3 Å². The van der Waals surface area contributed by atoms with Gasteiger partial charge in [0.25, 0.3) is 5.91 Å². The van der Waals surface area contributed by atoms with E-state index in [4.69, 9.17) is 0 Å². The minimum Gasteiger partial charge on any atom is -0.341 e. The van der Waals surface area contributed by atoms with Crippen LogP contribution in [0.1, 0.15) is 49.4 Å². The average molecular weight is 290 g/mol. The molecule has 21 heavy (non-hydrogen) atoms. The van der Waals surface area contributed by atoms with E-state index in [9.17, 15) is 9.59 Å². The summed E-state index contributed by atoms with van der Waals surface area (Å²) in [5, 5.41) is 6.52. The Bertz CT molecular complexity index is 526. The molecular weight excluding hydrogens is 268 g/mol. The Hall–Kier alpha value is -1.85. The third-order valence-electron chi connectivity index (χ3n) is 4.68. The van der Waals surface area contributed by atoms with Gasteiger partial charge in [0.2, 0.25) is 5.91 Å². The van der Waals surface area contributed by atoms with E-state index >= 15 is 0 Å². The predicted molar refractivity (Wildman–Crippen MR) is 77.7 cm³/mol. The monoisotopic (exact) mass is 290 g/mol. The van der Waals surface area contributed by atoms with Gasteiger partial charge >= 0.3 is 0 Å². The number of amides is 2. The molecule has 6 heteroatoms. The van der Waals surface area contributed by atoms with E-state index in [1.807, 2.05) is 4.90 Å². The van der Waals surface area contributed by atoms with Gasteiger partial charge in [0.1, 0.15) is 5.54 Å². The molecule has 0 aliphatic carbocycles. The molecule has 2 aliphatic heterocycles. The van der Waals surface area contributed by atoms with Crippen LogP contribution in [0.5, 0.6) is 0 Å². The van der Waals surface area contributed by atoms with Crippen molar-refractivity contribution in [2.45, 2.75) is 44.6 Å². The van der Waals surface area contributed by atoms with Crippen molar-refractivity contribution >= 4 is 11.8 Å². The summed E-state index contributed by atoms with van der Waals surface area (Å²) in [5.41, 5.74) is -0.0708. The molecule has 0 saturated carbocycles. The van der Waals surface area contributed by atoms with Gasteiger partial charge in [0, 0.05) is 25.8 Å². The van der Waals surface area contributed by atoms with Crippen molar-refractivity contribution in [3.8, 4) is 0 Å². The van der Waals surface area contributed by atoms with Crippen molar-refractivity contribution in [1.82, 2.24) is 20.0 Å². The number of nitrogens with one attached hydrogen (secondary N) is 1. The van der Waals surface area contributed by atoms with Gasteiger partial charge in [-0.3, -0.25) is 14.7 Å². The Labute approximate surface area is 124 Å². The second kappa shape index (κ2) is 5.50. The van der Waals surface area contributed by atoms with Crippen LogP contribution in [-0.4, -0.2) is 57.0 Å². The summed E-state index contributed by atoms with van der Waals surface area (Å²) in [6.45, 7) is 4.35. The van der Waals surface area contributed by atoms with E-state index in [1.165, 1.54) is 6.20 Å². The first kappa shape index (κ1) is 14.1. The Morgan fingerprint density at radius 2 is 2.14 bits per heavy atom. The van der Waals surface area contributed by atoms with Crippen molar-refractivity contribution in [3.05, 3.63) is 18.0 Å². The number of piperidine rings is 1. The lowest BCUT2D eigenvalue weighted by atomic mass is 9.85. The number of hydrogen-bond donors (Lipinski definition) is 1. The second-order valence-corrected chi connectivity index (χ2v) is 5.97. The molecule has 2 aliphatic rings. The van der Waals surface area contributed by atoms with E-state index in [2.05, 4.69) is 17.1 Å². The molecule has 0 bridgehead atoms. The average Bonchev–Trinajstić information content (AvgIpc) is 3.14. The summed E-state index contributed by atoms with van der Waals surface area (Å²) >= 11 is 0. The third kappa shape index (κ3) is 2.22. The second-order valence-electron chi connectivity index (χ2n) is 5.97. The first-order valence-electron chi connectivity index (χ1n) is 7.79. The molecule has 6 nitrogen and oxygen atoms in total. The quantitative estimate of drug-likeness (QED) is 0.915. The Morgan fingerprint density at radius 1 is 1.38 bits per heavy atom. The van der Waals surface area contributed by atoms with Crippen LogP contribution in [0.25, 0.3) is 0 Å². The Balaban J connectivity index is 1.88. The first-order chi connectivity index (χ1) is 10.2. The van der Waals surface area contributed by atoms with Crippen molar-refractivity contribution < 1.29 is 9.59 Å². The fraction of sp³-hybridized carbons (Fsp3) is 0.667. The third-order valence-corrected chi connectivity index (χ3v) is 4.68. The lowest BCUT2D eigenvalue weighted by molar-refractivity contribution is -0.145. The van der Waals surface area contributed by atoms with Crippen LogP contribution in [0.3, 0.4) is 0 Å². The number of carbonyl (C=O) groups is 2. The van der Waals surface area contributed by atoms with Crippen molar-refractivity contribution in [2.24, 2.45) is 0 Å². The first-order valence-corrected chi connectivity index (χ1v) is 7.79. The van der Waals surface area contributed by atoms with Crippen LogP contribution < -0.4 is 0 Å². The zero-order valence-electron chi connectivity index (χ0n) is 12.5. The number of nitrogens with zero attached hydrogens (tertiary/aromatic N) is 3. The predicted octanol–water partition coefficient (Wildman–Crippen LogP) is 1.42. The maximum atomic E-state index is 12.9. The highest BCUT2D eigenvalue weighted by Gasteiger charge is 2.52. The number of aromatic amines is 1. The number of hydrogen-bond acceptors (Lipinski definition) is 3. The molecular formula is C15H22N4O2. The number of likely N-dealkylation sites (tertiary alicyclic amines) is 2. The standard InChI is InChI=1S/C15H22N4O2/c1-2-7-18-8-3-5-15(14(18)21)6-4-9-19(15)13(20)12-10-16-17-11-12/h10-11H,2-9H2,1H3,(H,16,17). The van der Waals surface area contributed by atoms with Crippen LogP contribution in [-0.2, 0) is 4.79 Å². The van der Waals surface area contributed by atoms with Crippen LogP contribution in [0.4, 0.5) is 0 Å². The number of carbonyl (C=O) groups excluding carboxylic acids is 2. The molecule has 1 atom stereocenters. The van der Waals surface area contributed by atoms with Crippen molar-refractivity contribution in [3.63, 3.8) is 0 Å². The summed E-state index contributed by atoms with van der Waals surface area (Å²) < 4.78 is 0. The minimum atomic E-state index is -0.609. The van der Waals surface area contributed by atoms with Gasteiger partial charge in [-0.25, -0.2) is 0 Å². The highest BCUT2D eigenvalue weighted by Crippen LogP contribution is 2.39. The van der Waals surface area contributed by atoms with Gasteiger partial charge < -0.3 is 9.80 Å². The molecule has 2 fully saturated rings. The fourth-order valence-corrected chi connectivity index (χ4v) is 3.73. The van der Waals surface area contributed by atoms with E-state index in [-0.39, 0.29) is 11.8 Å². The summed E-state index contributed by atoms with van der Waals surface area (Å²) in [6, 6.07) is 0. The van der Waals surface area contributed by atoms with Crippen molar-refractivity contribution in [2.75, 3.05) is 19.6 Å². The van der Waals surface area contributed by atoms with Gasteiger partial charge in [-0.1, -0.05) is 6.92 Å². The molecule has 3 heterocycles. The summed E-state index contributed by atoms with van der Waals surface area (Å²) in [6.07, 6.45) is 7.54. The van der Waals surface area contributed by atoms with E-state index in [0.717, 1.165) is 45.2 Å². The molecule has 3 rings (SSSR count). The fourth-order valence-electron chi connectivity index (χ4n) is 3.73. The zero-order valence-corrected chi connectivity index (χ0v) is 12.5. The highest BCUT2D eigenvalue weighted by atomic mass is 16.2. The van der Waals surface area contributed by atoms with Crippen LogP contribution in [0.2, 0.25) is 0 Å². The molecule has 2 saturated heterocycles. The molecule has 2 amide bonds. The largest absolute Gasteiger partial charge is 0.341 e. The SMILES string of the molecule is CCCN1CCCC2(CCCN2C(=O)c2cn[nH]c2)C1=O. The number of H-pyrrole nitrogens is 1. The van der Waals surface area contributed by atoms with Gasteiger partial charge in [-0.2, -0.15) is 5.10 Å². The maximum absolute atomic E-state index is 12.9. The smallest absolute Gasteiger partial charge is 0.257 e. The van der Waals surface area contributed by atoms with E-state index in [1.54, 1.807) is 11.1 Å².